The van der Waals surface area contributed by atoms with Crippen molar-refractivity contribution in [1.29, 1.82) is 0 Å². The third-order valence-electron chi connectivity index (χ3n) is 2.97. The van der Waals surface area contributed by atoms with Crippen molar-refractivity contribution in [3.8, 4) is 0 Å². The molecule has 2 aromatic rings. The van der Waals surface area contributed by atoms with E-state index in [1.807, 2.05) is 6.92 Å². The van der Waals surface area contributed by atoms with Crippen LogP contribution in [0, 0.1) is 13.8 Å². The molecule has 0 aliphatic rings. The van der Waals surface area contributed by atoms with Gasteiger partial charge in [-0.1, -0.05) is 6.07 Å². The fraction of sp³-hybridized carbons (Fsp3) is 0.462. The van der Waals surface area contributed by atoms with Crippen LogP contribution in [0.3, 0.4) is 0 Å². The van der Waals surface area contributed by atoms with Crippen molar-refractivity contribution >= 4 is 27.3 Å². The fourth-order valence-electron chi connectivity index (χ4n) is 1.98. The Morgan fingerprint density at radius 2 is 2.28 bits per heavy atom. The van der Waals surface area contributed by atoms with E-state index in [4.69, 9.17) is 0 Å². The van der Waals surface area contributed by atoms with Crippen LogP contribution >= 0.6 is 27.3 Å². The highest BCUT2D eigenvalue weighted by molar-refractivity contribution is 9.10. The van der Waals surface area contributed by atoms with E-state index >= 15 is 0 Å². The number of aromatic nitrogens is 2. The number of halogens is 1. The first-order valence-electron chi connectivity index (χ1n) is 6.04. The van der Waals surface area contributed by atoms with E-state index in [0.717, 1.165) is 23.3 Å². The van der Waals surface area contributed by atoms with Gasteiger partial charge in [0.25, 0.3) is 0 Å². The lowest BCUT2D eigenvalue weighted by Gasteiger charge is -2.15. The first-order valence-corrected chi connectivity index (χ1v) is 7.71. The van der Waals surface area contributed by atoms with Crippen LogP contribution in [0.1, 0.15) is 29.2 Å². The third kappa shape index (κ3) is 3.02. The SMILES string of the molecule is Cc1nn(C(C)CNCc2cccs2)c(C)c1Br. The molecular weight excluding hydrogens is 310 g/mol. The molecule has 2 heterocycles. The normalized spacial score (nSPS) is 12.9. The van der Waals surface area contributed by atoms with Crippen LogP contribution in [-0.4, -0.2) is 16.3 Å². The van der Waals surface area contributed by atoms with Gasteiger partial charge in [0.15, 0.2) is 0 Å². The maximum atomic E-state index is 4.56. The highest BCUT2D eigenvalue weighted by atomic mass is 79.9. The summed E-state index contributed by atoms with van der Waals surface area (Å²) in [4.78, 5) is 1.37. The molecule has 0 saturated heterocycles. The molecule has 2 aromatic heterocycles. The van der Waals surface area contributed by atoms with E-state index in [1.165, 1.54) is 10.6 Å². The first kappa shape index (κ1) is 13.8. The molecule has 5 heteroatoms. The molecule has 0 amide bonds. The van der Waals surface area contributed by atoms with Crippen LogP contribution in [-0.2, 0) is 6.54 Å². The molecule has 0 saturated carbocycles. The number of nitrogens with zero attached hydrogens (tertiary/aromatic N) is 2. The first-order chi connectivity index (χ1) is 8.59. The van der Waals surface area contributed by atoms with E-state index in [1.54, 1.807) is 11.3 Å². The summed E-state index contributed by atoms with van der Waals surface area (Å²) in [6, 6.07) is 4.60. The lowest BCUT2D eigenvalue weighted by atomic mass is 10.3. The van der Waals surface area contributed by atoms with Crippen LogP contribution < -0.4 is 5.32 Å². The average Bonchev–Trinajstić information content (AvgIpc) is 2.94. The zero-order valence-electron chi connectivity index (χ0n) is 10.9. The summed E-state index contributed by atoms with van der Waals surface area (Å²) in [6.07, 6.45) is 0. The smallest absolute Gasteiger partial charge is 0.0738 e. The Morgan fingerprint density at radius 3 is 2.83 bits per heavy atom. The fourth-order valence-corrected chi connectivity index (χ4v) is 2.91. The minimum absolute atomic E-state index is 0.356. The summed E-state index contributed by atoms with van der Waals surface area (Å²) in [5.74, 6) is 0. The third-order valence-corrected chi connectivity index (χ3v) is 5.00. The Balaban J connectivity index is 1.91. The zero-order chi connectivity index (χ0) is 13.1. The van der Waals surface area contributed by atoms with Gasteiger partial charge in [0.1, 0.15) is 0 Å². The maximum Gasteiger partial charge on any atom is 0.0738 e. The lowest BCUT2D eigenvalue weighted by Crippen LogP contribution is -2.24. The van der Waals surface area contributed by atoms with Crippen LogP contribution in [0.15, 0.2) is 22.0 Å². The van der Waals surface area contributed by atoms with Gasteiger partial charge in [-0.15, -0.1) is 11.3 Å². The second-order valence-electron chi connectivity index (χ2n) is 4.49. The van der Waals surface area contributed by atoms with Gasteiger partial charge >= 0.3 is 0 Å². The molecule has 0 spiro atoms. The van der Waals surface area contributed by atoms with Gasteiger partial charge in [-0.2, -0.15) is 5.10 Å². The van der Waals surface area contributed by atoms with Crippen molar-refractivity contribution < 1.29 is 0 Å². The molecule has 0 fully saturated rings. The van der Waals surface area contributed by atoms with Gasteiger partial charge < -0.3 is 5.32 Å². The molecule has 0 bridgehead atoms. The molecule has 0 aromatic carbocycles. The van der Waals surface area contributed by atoms with Crippen LogP contribution in [0.4, 0.5) is 0 Å². The second kappa shape index (κ2) is 5.99. The van der Waals surface area contributed by atoms with Crippen molar-refractivity contribution in [1.82, 2.24) is 15.1 Å². The molecule has 1 atom stereocenters. The van der Waals surface area contributed by atoms with Gasteiger partial charge in [0, 0.05) is 18.0 Å². The van der Waals surface area contributed by atoms with E-state index < -0.39 is 0 Å². The summed E-state index contributed by atoms with van der Waals surface area (Å²) in [6.45, 7) is 8.17. The van der Waals surface area contributed by atoms with Gasteiger partial charge in [0.05, 0.1) is 21.9 Å². The minimum Gasteiger partial charge on any atom is -0.310 e. The molecule has 18 heavy (non-hydrogen) atoms. The van der Waals surface area contributed by atoms with E-state index in [0.29, 0.717) is 6.04 Å². The maximum absolute atomic E-state index is 4.56. The molecule has 1 N–H and O–H groups in total. The van der Waals surface area contributed by atoms with Gasteiger partial charge in [-0.05, 0) is 48.1 Å². The predicted octanol–water partition coefficient (Wildman–Crippen LogP) is 3.67. The summed E-state index contributed by atoms with van der Waals surface area (Å²) >= 11 is 5.35. The van der Waals surface area contributed by atoms with Crippen LogP contribution in [0.25, 0.3) is 0 Å². The monoisotopic (exact) mass is 327 g/mol. The zero-order valence-corrected chi connectivity index (χ0v) is 13.3. The molecule has 3 nitrogen and oxygen atoms in total. The van der Waals surface area contributed by atoms with E-state index in [-0.39, 0.29) is 0 Å². The van der Waals surface area contributed by atoms with Crippen molar-refractivity contribution in [3.05, 3.63) is 38.3 Å². The molecule has 0 radical (unpaired) electrons. The Labute approximate surface area is 120 Å². The largest absolute Gasteiger partial charge is 0.310 e. The summed E-state index contributed by atoms with van der Waals surface area (Å²) in [7, 11) is 0. The van der Waals surface area contributed by atoms with E-state index in [2.05, 4.69) is 62.4 Å². The highest BCUT2D eigenvalue weighted by Crippen LogP contribution is 2.22. The number of thiophene rings is 1. The summed E-state index contributed by atoms with van der Waals surface area (Å²) in [5, 5.41) is 10.1. The van der Waals surface area contributed by atoms with Crippen molar-refractivity contribution in [2.24, 2.45) is 0 Å². The Morgan fingerprint density at radius 1 is 1.50 bits per heavy atom. The van der Waals surface area contributed by atoms with Crippen molar-refractivity contribution in [2.75, 3.05) is 6.54 Å². The summed E-state index contributed by atoms with van der Waals surface area (Å²) in [5.41, 5.74) is 2.25. The van der Waals surface area contributed by atoms with E-state index in [9.17, 15) is 0 Å². The number of rotatable bonds is 5. The van der Waals surface area contributed by atoms with Gasteiger partial charge in [0.2, 0.25) is 0 Å². The average molecular weight is 328 g/mol. The van der Waals surface area contributed by atoms with Gasteiger partial charge in [-0.25, -0.2) is 0 Å². The number of hydrogen-bond donors (Lipinski definition) is 1. The minimum atomic E-state index is 0.356. The predicted molar refractivity (Wildman–Crippen MR) is 80.1 cm³/mol. The molecular formula is C13H18BrN3S. The lowest BCUT2D eigenvalue weighted by molar-refractivity contribution is 0.444. The molecule has 1 unspecified atom stereocenters. The highest BCUT2D eigenvalue weighted by Gasteiger charge is 2.13. The topological polar surface area (TPSA) is 29.9 Å². The molecule has 2 rings (SSSR count). The Hall–Kier alpha value is -0.650. The van der Waals surface area contributed by atoms with Gasteiger partial charge in [-0.3, -0.25) is 4.68 Å². The Kier molecular flexibility index (Phi) is 4.59. The second-order valence-corrected chi connectivity index (χ2v) is 6.31. The number of hydrogen-bond acceptors (Lipinski definition) is 3. The molecule has 0 aliphatic carbocycles. The Bertz CT molecular complexity index is 505. The van der Waals surface area contributed by atoms with Crippen LogP contribution in [0.2, 0.25) is 0 Å². The van der Waals surface area contributed by atoms with Crippen LogP contribution in [0.5, 0.6) is 0 Å². The molecule has 98 valence electrons. The standard InChI is InChI=1S/C13H18BrN3S/c1-9(7-15-8-12-5-4-6-18-12)17-11(3)13(14)10(2)16-17/h4-6,9,15H,7-8H2,1-3H3. The quantitative estimate of drug-likeness (QED) is 0.907. The molecule has 0 aliphatic heterocycles. The van der Waals surface area contributed by atoms with Crippen molar-refractivity contribution in [3.63, 3.8) is 0 Å². The summed E-state index contributed by atoms with van der Waals surface area (Å²) < 4.78 is 3.20. The number of aryl methyl sites for hydroxylation is 1. The number of nitrogens with one attached hydrogen (secondary N) is 1. The van der Waals surface area contributed by atoms with Crippen molar-refractivity contribution in [2.45, 2.75) is 33.4 Å².